The van der Waals surface area contributed by atoms with Crippen LogP contribution in [0.1, 0.15) is 39.5 Å². The predicted octanol–water partition coefficient (Wildman–Crippen LogP) is 1.53. The monoisotopic (exact) mass is 239 g/mol. The fraction of sp³-hybridized carbons (Fsp3) is 1.00. The third kappa shape index (κ3) is 3.21. The van der Waals surface area contributed by atoms with Crippen molar-refractivity contribution >= 4 is 0 Å². The first-order chi connectivity index (χ1) is 8.02. The van der Waals surface area contributed by atoms with E-state index in [1.165, 1.54) is 45.3 Å². The SMILES string of the molecule is CN1C2CCC1CN(CCC(C)(C)CN)CC2. The molecular weight excluding hydrogens is 210 g/mol. The van der Waals surface area contributed by atoms with Gasteiger partial charge < -0.3 is 10.6 Å². The van der Waals surface area contributed by atoms with Gasteiger partial charge in [-0.15, -0.1) is 0 Å². The van der Waals surface area contributed by atoms with Gasteiger partial charge in [0.05, 0.1) is 0 Å². The van der Waals surface area contributed by atoms with Gasteiger partial charge in [-0.05, 0) is 57.8 Å². The fourth-order valence-corrected chi connectivity index (χ4v) is 3.15. The third-order valence-corrected chi connectivity index (χ3v) is 4.89. The smallest absolute Gasteiger partial charge is 0.0223 e. The van der Waals surface area contributed by atoms with Crippen LogP contribution in [0.4, 0.5) is 0 Å². The van der Waals surface area contributed by atoms with E-state index in [-0.39, 0.29) is 0 Å². The van der Waals surface area contributed by atoms with Crippen molar-refractivity contribution in [3.63, 3.8) is 0 Å². The van der Waals surface area contributed by atoms with E-state index in [1.54, 1.807) is 0 Å². The minimum atomic E-state index is 0.303. The van der Waals surface area contributed by atoms with Crippen LogP contribution < -0.4 is 5.73 Å². The van der Waals surface area contributed by atoms with Gasteiger partial charge in [0.2, 0.25) is 0 Å². The van der Waals surface area contributed by atoms with Crippen LogP contribution in [0.5, 0.6) is 0 Å². The van der Waals surface area contributed by atoms with E-state index < -0.39 is 0 Å². The summed E-state index contributed by atoms with van der Waals surface area (Å²) in [5.74, 6) is 0. The number of rotatable bonds is 4. The van der Waals surface area contributed by atoms with Gasteiger partial charge in [0.15, 0.2) is 0 Å². The topological polar surface area (TPSA) is 32.5 Å². The lowest BCUT2D eigenvalue weighted by molar-refractivity contribution is 0.195. The molecule has 0 aliphatic carbocycles. The summed E-state index contributed by atoms with van der Waals surface area (Å²) in [4.78, 5) is 5.28. The number of nitrogens with two attached hydrogens (primary N) is 1. The Labute approximate surface area is 106 Å². The summed E-state index contributed by atoms with van der Waals surface area (Å²) in [5.41, 5.74) is 6.11. The van der Waals surface area contributed by atoms with Crippen molar-refractivity contribution in [2.24, 2.45) is 11.1 Å². The highest BCUT2D eigenvalue weighted by Crippen LogP contribution is 2.29. The van der Waals surface area contributed by atoms with Crippen LogP contribution in [-0.2, 0) is 0 Å². The van der Waals surface area contributed by atoms with Crippen molar-refractivity contribution in [3.05, 3.63) is 0 Å². The number of likely N-dealkylation sites (N-methyl/N-ethyl adjacent to an activating group) is 1. The van der Waals surface area contributed by atoms with Crippen molar-refractivity contribution in [2.45, 2.75) is 51.6 Å². The standard InChI is InChI=1S/C14H29N3/c1-14(2,11-15)7-9-17-8-6-12-4-5-13(10-17)16(12)3/h12-13H,4-11,15H2,1-3H3. The van der Waals surface area contributed by atoms with Gasteiger partial charge in [0, 0.05) is 18.6 Å². The quantitative estimate of drug-likeness (QED) is 0.807. The normalized spacial score (nSPS) is 31.8. The van der Waals surface area contributed by atoms with Crippen molar-refractivity contribution in [2.75, 3.05) is 33.2 Å². The molecule has 17 heavy (non-hydrogen) atoms. The molecule has 2 aliphatic rings. The Kier molecular flexibility index (Phi) is 4.11. The second-order valence-electron chi connectivity index (χ2n) is 6.76. The second kappa shape index (κ2) is 5.25. The first kappa shape index (κ1) is 13.3. The van der Waals surface area contributed by atoms with Crippen LogP contribution in [0.25, 0.3) is 0 Å². The molecule has 100 valence electrons. The number of hydrogen-bond acceptors (Lipinski definition) is 3. The van der Waals surface area contributed by atoms with Gasteiger partial charge in [-0.25, -0.2) is 0 Å². The summed E-state index contributed by atoms with van der Waals surface area (Å²) in [7, 11) is 2.32. The van der Waals surface area contributed by atoms with Crippen molar-refractivity contribution in [1.29, 1.82) is 0 Å². The molecule has 0 aromatic carbocycles. The minimum absolute atomic E-state index is 0.303. The van der Waals surface area contributed by atoms with Crippen LogP contribution in [0.15, 0.2) is 0 Å². The molecular formula is C14H29N3. The summed E-state index contributed by atoms with van der Waals surface area (Å²) in [6, 6.07) is 1.66. The summed E-state index contributed by atoms with van der Waals surface area (Å²) >= 11 is 0. The Bertz CT molecular complexity index is 252. The van der Waals surface area contributed by atoms with E-state index in [9.17, 15) is 0 Å². The maximum absolute atomic E-state index is 5.81. The molecule has 3 nitrogen and oxygen atoms in total. The maximum Gasteiger partial charge on any atom is 0.0223 e. The molecule has 0 radical (unpaired) electrons. The molecule has 2 aliphatic heterocycles. The molecule has 2 unspecified atom stereocenters. The molecule has 0 aromatic heterocycles. The van der Waals surface area contributed by atoms with Crippen LogP contribution in [0, 0.1) is 5.41 Å². The van der Waals surface area contributed by atoms with Gasteiger partial charge in [0.1, 0.15) is 0 Å². The molecule has 2 atom stereocenters. The summed E-state index contributed by atoms with van der Waals surface area (Å²) in [5, 5.41) is 0. The summed E-state index contributed by atoms with van der Waals surface area (Å²) in [6.45, 7) is 9.14. The van der Waals surface area contributed by atoms with E-state index in [1.807, 2.05) is 0 Å². The highest BCUT2D eigenvalue weighted by atomic mass is 15.3. The molecule has 3 heteroatoms. The molecule has 2 fully saturated rings. The van der Waals surface area contributed by atoms with Gasteiger partial charge in [0.25, 0.3) is 0 Å². The van der Waals surface area contributed by atoms with Crippen LogP contribution >= 0.6 is 0 Å². The fourth-order valence-electron chi connectivity index (χ4n) is 3.15. The summed E-state index contributed by atoms with van der Waals surface area (Å²) in [6.07, 6.45) is 5.40. The predicted molar refractivity (Wildman–Crippen MR) is 73.1 cm³/mol. The minimum Gasteiger partial charge on any atom is -0.330 e. The molecule has 0 aromatic rings. The largest absolute Gasteiger partial charge is 0.330 e. The molecule has 2 bridgehead atoms. The lowest BCUT2D eigenvalue weighted by atomic mass is 9.89. The number of nitrogens with zero attached hydrogens (tertiary/aromatic N) is 2. The average Bonchev–Trinajstić information content (AvgIpc) is 2.52. The van der Waals surface area contributed by atoms with E-state index in [0.717, 1.165) is 18.6 Å². The van der Waals surface area contributed by atoms with Crippen LogP contribution in [0.3, 0.4) is 0 Å². The molecule has 2 rings (SSSR count). The van der Waals surface area contributed by atoms with E-state index in [0.29, 0.717) is 5.41 Å². The van der Waals surface area contributed by atoms with Gasteiger partial charge in [-0.1, -0.05) is 13.8 Å². The lowest BCUT2D eigenvalue weighted by Gasteiger charge is -2.29. The van der Waals surface area contributed by atoms with Gasteiger partial charge in [-0.2, -0.15) is 0 Å². The zero-order chi connectivity index (χ0) is 12.5. The second-order valence-corrected chi connectivity index (χ2v) is 6.76. The van der Waals surface area contributed by atoms with E-state index in [2.05, 4.69) is 30.7 Å². The van der Waals surface area contributed by atoms with Gasteiger partial charge >= 0.3 is 0 Å². The third-order valence-electron chi connectivity index (χ3n) is 4.89. The van der Waals surface area contributed by atoms with E-state index in [4.69, 9.17) is 5.73 Å². The zero-order valence-electron chi connectivity index (χ0n) is 11.8. The molecule has 0 saturated carbocycles. The molecule has 0 amide bonds. The lowest BCUT2D eigenvalue weighted by Crippen LogP contribution is -2.38. The van der Waals surface area contributed by atoms with Gasteiger partial charge in [-0.3, -0.25) is 4.90 Å². The molecule has 2 N–H and O–H groups in total. The van der Waals surface area contributed by atoms with Crippen LogP contribution in [-0.4, -0.2) is 55.1 Å². The van der Waals surface area contributed by atoms with Crippen molar-refractivity contribution < 1.29 is 0 Å². The van der Waals surface area contributed by atoms with Crippen molar-refractivity contribution in [1.82, 2.24) is 9.80 Å². The maximum atomic E-state index is 5.81. The van der Waals surface area contributed by atoms with Crippen LogP contribution in [0.2, 0.25) is 0 Å². The highest BCUT2D eigenvalue weighted by molar-refractivity contribution is 4.91. The van der Waals surface area contributed by atoms with E-state index >= 15 is 0 Å². The Morgan fingerprint density at radius 3 is 2.59 bits per heavy atom. The Morgan fingerprint density at radius 1 is 1.18 bits per heavy atom. The average molecular weight is 239 g/mol. The summed E-state index contributed by atoms with van der Waals surface area (Å²) < 4.78 is 0. The number of hydrogen-bond donors (Lipinski definition) is 1. The highest BCUT2D eigenvalue weighted by Gasteiger charge is 2.34. The Morgan fingerprint density at radius 2 is 1.88 bits per heavy atom. The molecule has 2 saturated heterocycles. The number of fused-ring (bicyclic) bond motifs is 2. The molecule has 2 heterocycles. The Hall–Kier alpha value is -0.120. The Balaban J connectivity index is 1.83. The first-order valence-corrected chi connectivity index (χ1v) is 7.16. The molecule has 0 spiro atoms. The number of likely N-dealkylation sites (tertiary alicyclic amines) is 1. The van der Waals surface area contributed by atoms with Crippen molar-refractivity contribution in [3.8, 4) is 0 Å². The first-order valence-electron chi connectivity index (χ1n) is 7.16. The zero-order valence-corrected chi connectivity index (χ0v) is 11.8.